The first kappa shape index (κ1) is 17.7. The van der Waals surface area contributed by atoms with E-state index in [1.165, 1.54) is 0 Å². The number of rotatable bonds is 6. The molecule has 0 unspecified atom stereocenters. The fraction of sp³-hybridized carbons (Fsp3) is 0.733. The van der Waals surface area contributed by atoms with Crippen molar-refractivity contribution in [3.63, 3.8) is 0 Å². The van der Waals surface area contributed by atoms with Gasteiger partial charge in [0.2, 0.25) is 8.32 Å². The van der Waals surface area contributed by atoms with Gasteiger partial charge < -0.3 is 13.9 Å². The molecule has 1 aliphatic rings. The zero-order valence-electron chi connectivity index (χ0n) is 13.6. The lowest BCUT2D eigenvalue weighted by molar-refractivity contribution is -0.160. The van der Waals surface area contributed by atoms with Crippen LogP contribution in [0, 0.1) is 11.8 Å². The molecular formula is C15H26O5Si. The van der Waals surface area contributed by atoms with Crippen LogP contribution >= 0.6 is 0 Å². The van der Waals surface area contributed by atoms with Crippen LogP contribution in [0.5, 0.6) is 0 Å². The Labute approximate surface area is 127 Å². The Morgan fingerprint density at radius 3 is 2.10 bits per heavy atom. The summed E-state index contributed by atoms with van der Waals surface area (Å²) in [4.78, 5) is 24.1. The fourth-order valence-electron chi connectivity index (χ4n) is 2.35. The average Bonchev–Trinajstić information content (AvgIpc) is 2.37. The number of hydrogen-bond acceptors (Lipinski definition) is 5. The van der Waals surface area contributed by atoms with Crippen molar-refractivity contribution < 1.29 is 23.5 Å². The number of allylic oxidation sites excluding steroid dienone is 2. The molecule has 1 aliphatic carbocycles. The van der Waals surface area contributed by atoms with Crippen LogP contribution in [0.2, 0.25) is 19.6 Å². The third-order valence-corrected chi connectivity index (χ3v) is 4.00. The van der Waals surface area contributed by atoms with Crippen LogP contribution in [-0.2, 0) is 23.5 Å². The molecule has 21 heavy (non-hydrogen) atoms. The van der Waals surface area contributed by atoms with Gasteiger partial charge in [0.1, 0.15) is 0 Å². The molecule has 0 aromatic carbocycles. The highest BCUT2D eigenvalue weighted by Gasteiger charge is 2.39. The highest BCUT2D eigenvalue weighted by Crippen LogP contribution is 2.33. The second-order valence-electron chi connectivity index (χ2n) is 6.04. The van der Waals surface area contributed by atoms with Crippen LogP contribution in [0.15, 0.2) is 11.8 Å². The monoisotopic (exact) mass is 314 g/mol. The molecule has 0 saturated heterocycles. The van der Waals surface area contributed by atoms with Crippen LogP contribution in [0.3, 0.4) is 0 Å². The van der Waals surface area contributed by atoms with Crippen LogP contribution in [0.4, 0.5) is 0 Å². The summed E-state index contributed by atoms with van der Waals surface area (Å²) in [7, 11) is -1.73. The van der Waals surface area contributed by atoms with E-state index in [9.17, 15) is 9.59 Å². The molecule has 0 radical (unpaired) electrons. The molecule has 0 aromatic heterocycles. The Balaban J connectivity index is 2.88. The summed E-state index contributed by atoms with van der Waals surface area (Å²) in [5, 5.41) is 0. The fourth-order valence-corrected chi connectivity index (χ4v) is 3.30. The van der Waals surface area contributed by atoms with Gasteiger partial charge in [-0.3, -0.25) is 9.59 Å². The van der Waals surface area contributed by atoms with Gasteiger partial charge in [0.05, 0.1) is 30.8 Å². The maximum atomic E-state index is 12.1. The van der Waals surface area contributed by atoms with E-state index in [1.54, 1.807) is 13.8 Å². The highest BCUT2D eigenvalue weighted by molar-refractivity contribution is 6.70. The Morgan fingerprint density at radius 1 is 1.10 bits per heavy atom. The van der Waals surface area contributed by atoms with E-state index in [0.29, 0.717) is 26.1 Å². The summed E-state index contributed by atoms with van der Waals surface area (Å²) in [5.41, 5.74) is 0. The smallest absolute Gasteiger partial charge is 0.310 e. The number of hydrogen-bond donors (Lipinski definition) is 0. The van der Waals surface area contributed by atoms with Crippen molar-refractivity contribution in [3.05, 3.63) is 11.8 Å². The van der Waals surface area contributed by atoms with E-state index in [2.05, 4.69) is 19.6 Å². The quantitative estimate of drug-likeness (QED) is 0.557. The minimum Gasteiger partial charge on any atom is -0.548 e. The zero-order chi connectivity index (χ0) is 16.0. The van der Waals surface area contributed by atoms with Crippen molar-refractivity contribution >= 4 is 20.3 Å². The molecule has 1 rings (SSSR count). The van der Waals surface area contributed by atoms with Crippen LogP contribution in [-0.4, -0.2) is 33.5 Å². The summed E-state index contributed by atoms with van der Waals surface area (Å²) in [6.07, 6.45) is 2.78. The predicted octanol–water partition coefficient (Wildman–Crippen LogP) is 2.87. The van der Waals surface area contributed by atoms with E-state index in [4.69, 9.17) is 13.9 Å². The Bertz CT molecular complexity index is 411. The van der Waals surface area contributed by atoms with Crippen LogP contribution in [0.1, 0.15) is 26.7 Å². The van der Waals surface area contributed by atoms with Gasteiger partial charge in [0.25, 0.3) is 0 Å². The second-order valence-corrected chi connectivity index (χ2v) is 10.5. The molecule has 0 fully saturated rings. The molecule has 0 heterocycles. The van der Waals surface area contributed by atoms with Crippen molar-refractivity contribution in [3.8, 4) is 0 Å². The van der Waals surface area contributed by atoms with Gasteiger partial charge in [0.15, 0.2) is 0 Å². The summed E-state index contributed by atoms with van der Waals surface area (Å²) >= 11 is 0. The molecule has 6 heteroatoms. The molecule has 120 valence electrons. The van der Waals surface area contributed by atoms with Gasteiger partial charge in [-0.2, -0.15) is 0 Å². The summed E-state index contributed by atoms with van der Waals surface area (Å²) < 4.78 is 16.1. The van der Waals surface area contributed by atoms with E-state index >= 15 is 0 Å². The van der Waals surface area contributed by atoms with Crippen molar-refractivity contribution in [2.45, 2.75) is 46.3 Å². The third-order valence-electron chi connectivity index (χ3n) is 3.12. The minimum atomic E-state index is -1.73. The molecule has 0 N–H and O–H groups in total. The molecule has 0 aliphatic heterocycles. The predicted molar refractivity (Wildman–Crippen MR) is 82.0 cm³/mol. The minimum absolute atomic E-state index is 0.304. The Hall–Kier alpha value is -1.30. The molecule has 2 atom stereocenters. The normalized spacial score (nSPS) is 22.2. The van der Waals surface area contributed by atoms with E-state index < -0.39 is 20.2 Å². The summed E-state index contributed by atoms with van der Waals surface area (Å²) in [5.74, 6) is -0.870. The number of esters is 2. The van der Waals surface area contributed by atoms with Gasteiger partial charge in [-0.15, -0.1) is 0 Å². The molecule has 0 aromatic rings. The van der Waals surface area contributed by atoms with E-state index in [1.807, 2.05) is 6.08 Å². The second kappa shape index (κ2) is 7.63. The standard InChI is InChI=1S/C15H26O5Si/c1-6-18-14(16)12-9-8-11(20-21(3,4)5)10-13(12)15(17)19-7-2/h8,12-13H,6-7,9-10H2,1-5H3/t12-,13+/m0/s1. The number of carbonyl (C=O) groups is 2. The van der Waals surface area contributed by atoms with Crippen molar-refractivity contribution in [2.75, 3.05) is 13.2 Å². The third kappa shape index (κ3) is 5.53. The molecule has 0 spiro atoms. The lowest BCUT2D eigenvalue weighted by Gasteiger charge is -2.31. The van der Waals surface area contributed by atoms with Crippen molar-refractivity contribution in [2.24, 2.45) is 11.8 Å². The van der Waals surface area contributed by atoms with Crippen LogP contribution < -0.4 is 0 Å². The summed E-state index contributed by atoms with van der Waals surface area (Å²) in [6.45, 7) is 10.4. The molecule has 0 amide bonds. The van der Waals surface area contributed by atoms with E-state index in [0.717, 1.165) is 5.76 Å². The molecule has 0 bridgehead atoms. The van der Waals surface area contributed by atoms with Gasteiger partial charge >= 0.3 is 11.9 Å². The van der Waals surface area contributed by atoms with Crippen molar-refractivity contribution in [1.29, 1.82) is 0 Å². The SMILES string of the molecule is CCOC(=O)[C@H]1CC=C(O[Si](C)(C)C)C[C@H]1C(=O)OCC. The molecule has 0 saturated carbocycles. The summed E-state index contributed by atoms with van der Waals surface area (Å²) in [6, 6.07) is 0. The maximum absolute atomic E-state index is 12.1. The number of carbonyl (C=O) groups excluding carboxylic acids is 2. The lowest BCUT2D eigenvalue weighted by Crippen LogP contribution is -2.36. The van der Waals surface area contributed by atoms with Gasteiger partial charge in [-0.25, -0.2) is 0 Å². The Morgan fingerprint density at radius 2 is 1.62 bits per heavy atom. The zero-order valence-corrected chi connectivity index (χ0v) is 14.6. The first-order chi connectivity index (χ1) is 9.78. The largest absolute Gasteiger partial charge is 0.548 e. The number of ether oxygens (including phenoxy) is 2. The lowest BCUT2D eigenvalue weighted by atomic mass is 9.82. The van der Waals surface area contributed by atoms with Gasteiger partial charge in [0, 0.05) is 6.42 Å². The van der Waals surface area contributed by atoms with Crippen LogP contribution in [0.25, 0.3) is 0 Å². The van der Waals surface area contributed by atoms with Crippen molar-refractivity contribution in [1.82, 2.24) is 0 Å². The topological polar surface area (TPSA) is 61.8 Å². The molecular weight excluding hydrogens is 288 g/mol. The first-order valence-corrected chi connectivity index (χ1v) is 10.9. The Kier molecular flexibility index (Phi) is 6.45. The average molecular weight is 314 g/mol. The maximum Gasteiger partial charge on any atom is 0.310 e. The highest BCUT2D eigenvalue weighted by atomic mass is 28.4. The molecule has 5 nitrogen and oxygen atoms in total. The van der Waals surface area contributed by atoms with E-state index in [-0.39, 0.29) is 11.9 Å². The van der Waals surface area contributed by atoms with Gasteiger partial charge in [-0.1, -0.05) is 0 Å². The van der Waals surface area contributed by atoms with Gasteiger partial charge in [-0.05, 0) is 46.0 Å². The first-order valence-electron chi connectivity index (χ1n) is 7.49.